The van der Waals surface area contributed by atoms with Gasteiger partial charge in [-0.1, -0.05) is 37.6 Å². The van der Waals surface area contributed by atoms with E-state index < -0.39 is 0 Å². The molecule has 0 radical (unpaired) electrons. The summed E-state index contributed by atoms with van der Waals surface area (Å²) < 4.78 is 0. The van der Waals surface area contributed by atoms with Crippen molar-refractivity contribution >= 4 is 0 Å². The van der Waals surface area contributed by atoms with Crippen LogP contribution in [0.5, 0.6) is 0 Å². The van der Waals surface area contributed by atoms with E-state index in [1.165, 1.54) is 5.57 Å². The third-order valence-corrected chi connectivity index (χ3v) is 2.45. The highest BCUT2D eigenvalue weighted by molar-refractivity contribution is 5.13. The van der Waals surface area contributed by atoms with Crippen LogP contribution in [-0.2, 0) is 0 Å². The minimum atomic E-state index is 0.722. The average molecular weight is 150 g/mol. The monoisotopic (exact) mass is 150 g/mol. The molecule has 0 spiro atoms. The summed E-state index contributed by atoms with van der Waals surface area (Å²) >= 11 is 0. The number of hydrogen-bond donors (Lipinski definition) is 0. The van der Waals surface area contributed by atoms with Gasteiger partial charge in [-0.3, -0.25) is 0 Å². The molecule has 1 aliphatic carbocycles. The van der Waals surface area contributed by atoms with Crippen molar-refractivity contribution < 1.29 is 0 Å². The quantitative estimate of drug-likeness (QED) is 0.529. The lowest BCUT2D eigenvalue weighted by Crippen LogP contribution is -2.21. The lowest BCUT2D eigenvalue weighted by molar-refractivity contribution is 0.375. The molecule has 0 N–H and O–H groups in total. The molecule has 0 saturated heterocycles. The minimum absolute atomic E-state index is 0.722. The fourth-order valence-corrected chi connectivity index (χ4v) is 1.75. The van der Waals surface area contributed by atoms with Gasteiger partial charge in [0.2, 0.25) is 0 Å². The Bertz CT molecular complexity index is 182. The van der Waals surface area contributed by atoms with Crippen LogP contribution in [0.3, 0.4) is 0 Å². The van der Waals surface area contributed by atoms with Gasteiger partial charge < -0.3 is 0 Å². The maximum absolute atomic E-state index is 2.37. The molecule has 0 saturated carbocycles. The Hall–Kier alpha value is -0.520. The first kappa shape index (κ1) is 8.58. The van der Waals surface area contributed by atoms with Crippen LogP contribution in [0.1, 0.15) is 27.7 Å². The van der Waals surface area contributed by atoms with E-state index in [4.69, 9.17) is 0 Å². The number of hydrogen-bond acceptors (Lipinski definition) is 0. The molecule has 0 amide bonds. The zero-order chi connectivity index (χ0) is 8.43. The normalized spacial score (nSPS) is 30.9. The highest BCUT2D eigenvalue weighted by atomic mass is 14.3. The van der Waals surface area contributed by atoms with Gasteiger partial charge in [-0.05, 0) is 31.6 Å². The molecule has 3 atom stereocenters. The molecule has 0 heteroatoms. The smallest absolute Gasteiger partial charge is 0.0113 e. The van der Waals surface area contributed by atoms with Gasteiger partial charge >= 0.3 is 0 Å². The van der Waals surface area contributed by atoms with E-state index in [0.29, 0.717) is 0 Å². The van der Waals surface area contributed by atoms with Gasteiger partial charge in [-0.25, -0.2) is 0 Å². The molecule has 0 heterocycles. The Morgan fingerprint density at radius 2 is 2.00 bits per heavy atom. The second-order valence-electron chi connectivity index (χ2n) is 3.92. The van der Waals surface area contributed by atoms with Crippen LogP contribution >= 0.6 is 0 Å². The van der Waals surface area contributed by atoms with Gasteiger partial charge in [0.15, 0.2) is 0 Å². The molecule has 1 rings (SSSR count). The van der Waals surface area contributed by atoms with Gasteiger partial charge in [-0.15, -0.1) is 0 Å². The first-order chi connectivity index (χ1) is 5.11. The molecular weight excluding hydrogens is 132 g/mol. The van der Waals surface area contributed by atoms with Gasteiger partial charge in [0.25, 0.3) is 0 Å². The van der Waals surface area contributed by atoms with Crippen molar-refractivity contribution in [3.63, 3.8) is 0 Å². The predicted octanol–water partition coefficient (Wildman–Crippen LogP) is 3.41. The van der Waals surface area contributed by atoms with E-state index in [1.807, 2.05) is 0 Å². The van der Waals surface area contributed by atoms with Crippen LogP contribution in [-0.4, -0.2) is 0 Å². The first-order valence-electron chi connectivity index (χ1n) is 4.44. The molecule has 0 fully saturated rings. The molecule has 62 valence electrons. The zero-order valence-electron chi connectivity index (χ0n) is 7.96. The van der Waals surface area contributed by atoms with Gasteiger partial charge in [-0.2, -0.15) is 0 Å². The Kier molecular flexibility index (Phi) is 2.53. The van der Waals surface area contributed by atoms with Crippen LogP contribution in [0.15, 0.2) is 23.8 Å². The molecule has 0 aromatic heterocycles. The van der Waals surface area contributed by atoms with E-state index in [9.17, 15) is 0 Å². The SMILES string of the molecule is CC(C)=CC(C)C1C=CC1C. The number of allylic oxidation sites excluding steroid dienone is 4. The van der Waals surface area contributed by atoms with Crippen LogP contribution in [0.25, 0.3) is 0 Å². The van der Waals surface area contributed by atoms with E-state index in [2.05, 4.69) is 45.9 Å². The zero-order valence-corrected chi connectivity index (χ0v) is 7.96. The van der Waals surface area contributed by atoms with Crippen molar-refractivity contribution in [1.29, 1.82) is 0 Å². The fraction of sp³-hybridized carbons (Fsp3) is 0.636. The molecule has 3 unspecified atom stereocenters. The van der Waals surface area contributed by atoms with Crippen molar-refractivity contribution in [2.75, 3.05) is 0 Å². The second-order valence-corrected chi connectivity index (χ2v) is 3.92. The predicted molar refractivity (Wildman–Crippen MR) is 50.4 cm³/mol. The van der Waals surface area contributed by atoms with E-state index in [0.717, 1.165) is 17.8 Å². The summed E-state index contributed by atoms with van der Waals surface area (Å²) in [7, 11) is 0. The lowest BCUT2D eigenvalue weighted by atomic mass is 9.75. The first-order valence-corrected chi connectivity index (χ1v) is 4.44. The summed E-state index contributed by atoms with van der Waals surface area (Å²) in [5, 5.41) is 0. The molecular formula is C11H18. The summed E-state index contributed by atoms with van der Waals surface area (Å²) in [5.74, 6) is 2.31. The van der Waals surface area contributed by atoms with Crippen LogP contribution in [0, 0.1) is 17.8 Å². The minimum Gasteiger partial charge on any atom is -0.0848 e. The highest BCUT2D eigenvalue weighted by Crippen LogP contribution is 2.32. The topological polar surface area (TPSA) is 0 Å². The summed E-state index contributed by atoms with van der Waals surface area (Å²) in [6.45, 7) is 8.94. The maximum atomic E-state index is 2.37. The van der Waals surface area contributed by atoms with Crippen LogP contribution in [0.4, 0.5) is 0 Å². The van der Waals surface area contributed by atoms with Gasteiger partial charge in [0.1, 0.15) is 0 Å². The second kappa shape index (κ2) is 3.25. The van der Waals surface area contributed by atoms with Crippen LogP contribution in [0.2, 0.25) is 0 Å². The summed E-state index contributed by atoms with van der Waals surface area (Å²) in [6.07, 6.45) is 6.99. The molecule has 0 nitrogen and oxygen atoms in total. The lowest BCUT2D eigenvalue weighted by Gasteiger charge is -2.30. The third kappa shape index (κ3) is 1.95. The molecule has 0 aliphatic heterocycles. The Balaban J connectivity index is 2.49. The molecule has 0 bridgehead atoms. The molecule has 0 aromatic rings. The van der Waals surface area contributed by atoms with Crippen molar-refractivity contribution in [2.45, 2.75) is 27.7 Å². The Morgan fingerprint density at radius 1 is 1.36 bits per heavy atom. The van der Waals surface area contributed by atoms with Gasteiger partial charge in [0, 0.05) is 0 Å². The largest absolute Gasteiger partial charge is 0.0848 e. The standard InChI is InChI=1S/C11H18/c1-8(2)7-10(4)11-6-5-9(11)3/h5-7,9-11H,1-4H3. The summed E-state index contributed by atoms with van der Waals surface area (Å²) in [4.78, 5) is 0. The fourth-order valence-electron chi connectivity index (χ4n) is 1.75. The van der Waals surface area contributed by atoms with Crippen molar-refractivity contribution in [3.8, 4) is 0 Å². The molecule has 11 heavy (non-hydrogen) atoms. The summed E-state index contributed by atoms with van der Waals surface area (Å²) in [6, 6.07) is 0. The van der Waals surface area contributed by atoms with Crippen molar-refractivity contribution in [2.24, 2.45) is 17.8 Å². The maximum Gasteiger partial charge on any atom is -0.0113 e. The summed E-state index contributed by atoms with van der Waals surface area (Å²) in [5.41, 5.74) is 1.44. The number of rotatable bonds is 2. The third-order valence-electron chi connectivity index (χ3n) is 2.45. The van der Waals surface area contributed by atoms with E-state index in [1.54, 1.807) is 0 Å². The van der Waals surface area contributed by atoms with E-state index >= 15 is 0 Å². The molecule has 0 aromatic carbocycles. The van der Waals surface area contributed by atoms with Crippen molar-refractivity contribution in [1.82, 2.24) is 0 Å². The highest BCUT2D eigenvalue weighted by Gasteiger charge is 2.23. The van der Waals surface area contributed by atoms with Crippen LogP contribution < -0.4 is 0 Å². The van der Waals surface area contributed by atoms with Crippen molar-refractivity contribution in [3.05, 3.63) is 23.8 Å². The molecule has 1 aliphatic rings. The Morgan fingerprint density at radius 3 is 2.27 bits per heavy atom. The Labute approximate surface area is 70.0 Å². The van der Waals surface area contributed by atoms with E-state index in [-0.39, 0.29) is 0 Å². The van der Waals surface area contributed by atoms with Gasteiger partial charge in [0.05, 0.1) is 0 Å². The average Bonchev–Trinajstić information content (AvgIpc) is 1.82.